The van der Waals surface area contributed by atoms with Gasteiger partial charge in [-0.1, -0.05) is 19.8 Å². The molecule has 2 nitrogen and oxygen atoms in total. The van der Waals surface area contributed by atoms with Crippen LogP contribution in [-0.2, 0) is 0 Å². The predicted molar refractivity (Wildman–Crippen MR) is 59.1 cm³/mol. The van der Waals surface area contributed by atoms with Gasteiger partial charge in [0.15, 0.2) is 0 Å². The van der Waals surface area contributed by atoms with Crippen molar-refractivity contribution in [2.45, 2.75) is 19.9 Å². The minimum absolute atomic E-state index is 0. The standard InChI is InChI=1S/C10H18N2.ClH/c1-4-6-12-7-5-11-10(8-12)9(2)3;/h1,9-11H,5-8H2,2-3H3;1H/t10-;/m1./s1. The Hall–Kier alpha value is -0.230. The van der Waals surface area contributed by atoms with E-state index >= 15 is 0 Å². The zero-order valence-electron chi connectivity index (χ0n) is 8.42. The highest BCUT2D eigenvalue weighted by Crippen LogP contribution is 2.07. The van der Waals surface area contributed by atoms with E-state index in [-0.39, 0.29) is 12.4 Å². The lowest BCUT2D eigenvalue weighted by Gasteiger charge is -2.34. The molecule has 0 aromatic carbocycles. The molecule has 1 atom stereocenters. The molecular weight excluding hydrogens is 184 g/mol. The van der Waals surface area contributed by atoms with E-state index in [1.54, 1.807) is 0 Å². The van der Waals surface area contributed by atoms with Gasteiger partial charge in [0.05, 0.1) is 6.54 Å². The van der Waals surface area contributed by atoms with Crippen molar-refractivity contribution in [3.05, 3.63) is 0 Å². The summed E-state index contributed by atoms with van der Waals surface area (Å²) in [6.45, 7) is 8.55. The molecule has 0 unspecified atom stereocenters. The Balaban J connectivity index is 0.00000144. The molecule has 0 aromatic rings. The molecule has 0 amide bonds. The SMILES string of the molecule is C#CCN1CCN[C@@H](C(C)C)C1.Cl. The van der Waals surface area contributed by atoms with E-state index < -0.39 is 0 Å². The monoisotopic (exact) mass is 202 g/mol. The van der Waals surface area contributed by atoms with E-state index in [2.05, 4.69) is 30.0 Å². The highest BCUT2D eigenvalue weighted by atomic mass is 35.5. The number of piperazine rings is 1. The predicted octanol–water partition coefficient (Wildman–Crippen LogP) is 0.971. The molecule has 1 rings (SSSR count). The second kappa shape index (κ2) is 6.26. The molecule has 0 spiro atoms. The van der Waals surface area contributed by atoms with E-state index in [4.69, 9.17) is 6.42 Å². The first kappa shape index (κ1) is 12.8. The fourth-order valence-electron chi connectivity index (χ4n) is 1.56. The second-order valence-corrected chi connectivity index (χ2v) is 3.74. The highest BCUT2D eigenvalue weighted by molar-refractivity contribution is 5.85. The Labute approximate surface area is 87.5 Å². The van der Waals surface area contributed by atoms with Gasteiger partial charge in [-0.25, -0.2) is 0 Å². The quantitative estimate of drug-likeness (QED) is 0.672. The molecule has 3 heteroatoms. The van der Waals surface area contributed by atoms with Crippen LogP contribution in [0.5, 0.6) is 0 Å². The molecule has 1 aliphatic heterocycles. The van der Waals surface area contributed by atoms with Crippen molar-refractivity contribution in [3.63, 3.8) is 0 Å². The summed E-state index contributed by atoms with van der Waals surface area (Å²) < 4.78 is 0. The molecule has 76 valence electrons. The Kier molecular flexibility index (Phi) is 6.15. The van der Waals surface area contributed by atoms with Gasteiger partial charge in [-0.15, -0.1) is 18.8 Å². The number of rotatable bonds is 2. The number of nitrogens with zero attached hydrogens (tertiary/aromatic N) is 1. The third kappa shape index (κ3) is 3.99. The molecule has 0 aliphatic carbocycles. The zero-order valence-corrected chi connectivity index (χ0v) is 9.23. The van der Waals surface area contributed by atoms with Gasteiger partial charge in [-0.3, -0.25) is 4.90 Å². The van der Waals surface area contributed by atoms with Gasteiger partial charge in [0, 0.05) is 25.7 Å². The third-order valence-corrected chi connectivity index (χ3v) is 2.41. The fraction of sp³-hybridized carbons (Fsp3) is 0.800. The van der Waals surface area contributed by atoms with E-state index in [1.165, 1.54) is 0 Å². The summed E-state index contributed by atoms with van der Waals surface area (Å²) in [5.74, 6) is 3.39. The van der Waals surface area contributed by atoms with Crippen LogP contribution in [0.1, 0.15) is 13.8 Å². The second-order valence-electron chi connectivity index (χ2n) is 3.74. The minimum Gasteiger partial charge on any atom is -0.311 e. The molecule has 0 bridgehead atoms. The largest absolute Gasteiger partial charge is 0.311 e. The molecule has 0 saturated carbocycles. The summed E-state index contributed by atoms with van der Waals surface area (Å²) in [5.41, 5.74) is 0. The molecule has 1 fully saturated rings. The fourth-order valence-corrected chi connectivity index (χ4v) is 1.56. The first-order valence-electron chi connectivity index (χ1n) is 4.63. The molecule has 0 aromatic heterocycles. The number of hydrogen-bond donors (Lipinski definition) is 1. The minimum atomic E-state index is 0. The molecule has 0 radical (unpaired) electrons. The van der Waals surface area contributed by atoms with Gasteiger partial charge in [-0.05, 0) is 5.92 Å². The molecular formula is C10H19ClN2. The summed E-state index contributed by atoms with van der Waals surface area (Å²) in [6, 6.07) is 0.618. The average Bonchev–Trinajstić information content (AvgIpc) is 2.05. The van der Waals surface area contributed by atoms with Gasteiger partial charge >= 0.3 is 0 Å². The Bertz CT molecular complexity index is 174. The van der Waals surface area contributed by atoms with E-state index in [1.807, 2.05) is 0 Å². The zero-order chi connectivity index (χ0) is 8.97. The van der Waals surface area contributed by atoms with Gasteiger partial charge in [0.25, 0.3) is 0 Å². The van der Waals surface area contributed by atoms with Crippen LogP contribution in [0.2, 0.25) is 0 Å². The summed E-state index contributed by atoms with van der Waals surface area (Å²) in [5, 5.41) is 3.50. The maximum absolute atomic E-state index is 5.27. The smallest absolute Gasteiger partial charge is 0.0599 e. The highest BCUT2D eigenvalue weighted by Gasteiger charge is 2.20. The molecule has 1 N–H and O–H groups in total. The van der Waals surface area contributed by atoms with Crippen molar-refractivity contribution in [1.29, 1.82) is 0 Å². The van der Waals surface area contributed by atoms with Crippen LogP contribution in [0, 0.1) is 18.3 Å². The molecule has 13 heavy (non-hydrogen) atoms. The van der Waals surface area contributed by atoms with Crippen LogP contribution in [0.15, 0.2) is 0 Å². The van der Waals surface area contributed by atoms with Crippen LogP contribution in [0.3, 0.4) is 0 Å². The normalized spacial score (nSPS) is 23.7. The summed E-state index contributed by atoms with van der Waals surface area (Å²) in [7, 11) is 0. The molecule has 1 heterocycles. The Morgan fingerprint density at radius 3 is 2.85 bits per heavy atom. The van der Waals surface area contributed by atoms with Crippen molar-refractivity contribution < 1.29 is 0 Å². The third-order valence-electron chi connectivity index (χ3n) is 2.41. The lowest BCUT2D eigenvalue weighted by atomic mass is 10.0. The van der Waals surface area contributed by atoms with Gasteiger partial charge < -0.3 is 5.32 Å². The van der Waals surface area contributed by atoms with E-state index in [0.717, 1.165) is 26.2 Å². The van der Waals surface area contributed by atoms with Crippen molar-refractivity contribution in [3.8, 4) is 12.3 Å². The van der Waals surface area contributed by atoms with Crippen molar-refractivity contribution in [2.75, 3.05) is 26.2 Å². The first-order valence-corrected chi connectivity index (χ1v) is 4.63. The summed E-state index contributed by atoms with van der Waals surface area (Å²) in [6.07, 6.45) is 5.27. The van der Waals surface area contributed by atoms with Crippen LogP contribution in [-0.4, -0.2) is 37.1 Å². The number of terminal acetylenes is 1. The van der Waals surface area contributed by atoms with Crippen molar-refractivity contribution in [2.24, 2.45) is 5.92 Å². The van der Waals surface area contributed by atoms with Gasteiger partial charge in [-0.2, -0.15) is 0 Å². The van der Waals surface area contributed by atoms with Gasteiger partial charge in [0.2, 0.25) is 0 Å². The summed E-state index contributed by atoms with van der Waals surface area (Å²) in [4.78, 5) is 2.33. The van der Waals surface area contributed by atoms with Crippen LogP contribution >= 0.6 is 12.4 Å². The summed E-state index contributed by atoms with van der Waals surface area (Å²) >= 11 is 0. The number of hydrogen-bond acceptors (Lipinski definition) is 2. The maximum Gasteiger partial charge on any atom is 0.0599 e. The van der Waals surface area contributed by atoms with E-state index in [0.29, 0.717) is 12.0 Å². The van der Waals surface area contributed by atoms with Crippen LogP contribution in [0.4, 0.5) is 0 Å². The van der Waals surface area contributed by atoms with Gasteiger partial charge in [0.1, 0.15) is 0 Å². The van der Waals surface area contributed by atoms with Crippen molar-refractivity contribution >= 4 is 12.4 Å². The van der Waals surface area contributed by atoms with E-state index in [9.17, 15) is 0 Å². The van der Waals surface area contributed by atoms with Crippen molar-refractivity contribution in [1.82, 2.24) is 10.2 Å². The molecule has 1 aliphatic rings. The Morgan fingerprint density at radius 2 is 2.31 bits per heavy atom. The van der Waals surface area contributed by atoms with Crippen LogP contribution in [0.25, 0.3) is 0 Å². The lowest BCUT2D eigenvalue weighted by Crippen LogP contribution is -2.52. The topological polar surface area (TPSA) is 15.3 Å². The number of halogens is 1. The Morgan fingerprint density at radius 1 is 1.62 bits per heavy atom. The first-order chi connectivity index (χ1) is 5.74. The molecule has 1 saturated heterocycles. The lowest BCUT2D eigenvalue weighted by molar-refractivity contribution is 0.192. The number of nitrogens with one attached hydrogen (secondary N) is 1. The maximum atomic E-state index is 5.27. The van der Waals surface area contributed by atoms with Crippen LogP contribution < -0.4 is 5.32 Å². The average molecular weight is 203 g/mol.